The molecule has 0 fully saturated rings. The summed E-state index contributed by atoms with van der Waals surface area (Å²) in [7, 11) is 0. The molecule has 0 aromatic heterocycles. The molecule has 3 aromatic carbocycles. The molecule has 3 nitrogen and oxygen atoms in total. The third kappa shape index (κ3) is 3.49. The molecule has 2 N–H and O–H groups in total. The highest BCUT2D eigenvalue weighted by molar-refractivity contribution is 8.13. The van der Waals surface area contributed by atoms with Crippen molar-refractivity contribution >= 4 is 16.9 Å². The Morgan fingerprint density at radius 3 is 1.82 bits per heavy atom. The van der Waals surface area contributed by atoms with Crippen molar-refractivity contribution in [2.24, 2.45) is 4.99 Å². The van der Waals surface area contributed by atoms with Crippen LogP contribution in [0.2, 0.25) is 0 Å². The number of aliphatic imine (C=N–C) groups is 1. The molecule has 140 valence electrons. The largest absolute Gasteiger partial charge is 0.375 e. The van der Waals surface area contributed by atoms with Crippen molar-refractivity contribution in [2.75, 3.05) is 6.26 Å². The van der Waals surface area contributed by atoms with Gasteiger partial charge >= 0.3 is 0 Å². The first-order chi connectivity index (χ1) is 13.7. The fourth-order valence-corrected chi connectivity index (χ4v) is 3.91. The molecule has 0 spiro atoms. The molecular weight excluding hydrogens is 364 g/mol. The lowest BCUT2D eigenvalue weighted by Crippen LogP contribution is -2.40. The van der Waals surface area contributed by atoms with Crippen LogP contribution in [-0.2, 0) is 5.60 Å². The van der Waals surface area contributed by atoms with Crippen molar-refractivity contribution in [2.45, 2.75) is 11.6 Å². The maximum atomic E-state index is 12.1. The van der Waals surface area contributed by atoms with Crippen LogP contribution in [0.4, 0.5) is 0 Å². The summed E-state index contributed by atoms with van der Waals surface area (Å²) in [4.78, 5) is 4.80. The second-order valence-corrected chi connectivity index (χ2v) is 7.44. The Balaban J connectivity index is 1.87. The molecule has 0 saturated heterocycles. The molecule has 0 saturated carbocycles. The van der Waals surface area contributed by atoms with Gasteiger partial charge in [0.05, 0.1) is 11.7 Å². The number of rotatable bonds is 4. The highest BCUT2D eigenvalue weighted by Gasteiger charge is 2.38. The van der Waals surface area contributed by atoms with Crippen LogP contribution in [0.1, 0.15) is 22.7 Å². The summed E-state index contributed by atoms with van der Waals surface area (Å²) in [6.45, 7) is 0. The van der Waals surface area contributed by atoms with Gasteiger partial charge in [0.1, 0.15) is 0 Å². The molecule has 0 bridgehead atoms. The van der Waals surface area contributed by atoms with Gasteiger partial charge in [-0.15, -0.1) is 0 Å². The first kappa shape index (κ1) is 18.5. The number of hydrogen-bond donors (Lipinski definition) is 2. The molecule has 0 amide bonds. The second-order valence-electron chi connectivity index (χ2n) is 6.64. The van der Waals surface area contributed by atoms with Gasteiger partial charge < -0.3 is 10.4 Å². The van der Waals surface area contributed by atoms with E-state index in [0.717, 1.165) is 27.6 Å². The summed E-state index contributed by atoms with van der Waals surface area (Å²) in [6, 6.07) is 29.5. The van der Waals surface area contributed by atoms with E-state index in [1.165, 1.54) is 0 Å². The summed E-state index contributed by atoms with van der Waals surface area (Å²) in [5, 5.41) is 16.2. The van der Waals surface area contributed by atoms with Gasteiger partial charge in [-0.2, -0.15) is 0 Å². The molecule has 1 unspecified atom stereocenters. The third-order valence-electron chi connectivity index (χ3n) is 4.93. The molecule has 0 radical (unpaired) electrons. The van der Waals surface area contributed by atoms with Crippen LogP contribution in [0.3, 0.4) is 0 Å². The van der Waals surface area contributed by atoms with Gasteiger partial charge in [0.25, 0.3) is 0 Å². The Morgan fingerprint density at radius 2 is 1.32 bits per heavy atom. The molecule has 4 rings (SSSR count). The van der Waals surface area contributed by atoms with E-state index in [1.54, 1.807) is 11.8 Å². The van der Waals surface area contributed by atoms with E-state index in [0.29, 0.717) is 0 Å². The minimum Gasteiger partial charge on any atom is -0.375 e. The van der Waals surface area contributed by atoms with Crippen LogP contribution in [-0.4, -0.2) is 16.5 Å². The SMILES string of the molecule is CSC1=NC(c2ccccc2)C=C(C(O)(c2ccccc2)c2ccccc2)N1. The van der Waals surface area contributed by atoms with E-state index >= 15 is 0 Å². The zero-order valence-electron chi connectivity index (χ0n) is 15.6. The first-order valence-corrected chi connectivity index (χ1v) is 10.4. The minimum atomic E-state index is -1.30. The van der Waals surface area contributed by atoms with Gasteiger partial charge in [0.2, 0.25) is 0 Å². The Kier molecular flexibility index (Phi) is 5.33. The predicted molar refractivity (Wildman–Crippen MR) is 117 cm³/mol. The molecule has 4 heteroatoms. The normalized spacial score (nSPS) is 16.7. The average molecular weight is 387 g/mol. The zero-order valence-corrected chi connectivity index (χ0v) is 16.4. The van der Waals surface area contributed by atoms with Gasteiger partial charge in [-0.3, -0.25) is 0 Å². The smallest absolute Gasteiger partial charge is 0.161 e. The van der Waals surface area contributed by atoms with Crippen molar-refractivity contribution in [3.63, 3.8) is 0 Å². The van der Waals surface area contributed by atoms with Gasteiger partial charge in [-0.25, -0.2) is 4.99 Å². The number of thioether (sulfide) groups is 1. The van der Waals surface area contributed by atoms with Gasteiger partial charge in [0.15, 0.2) is 10.8 Å². The molecule has 1 heterocycles. The van der Waals surface area contributed by atoms with E-state index in [9.17, 15) is 5.11 Å². The van der Waals surface area contributed by atoms with Crippen LogP contribution in [0, 0.1) is 0 Å². The van der Waals surface area contributed by atoms with Gasteiger partial charge in [0, 0.05) is 0 Å². The van der Waals surface area contributed by atoms with Crippen molar-refractivity contribution < 1.29 is 5.11 Å². The number of aliphatic hydroxyl groups is 1. The Bertz CT molecular complexity index is 945. The van der Waals surface area contributed by atoms with Crippen molar-refractivity contribution in [3.8, 4) is 0 Å². The number of benzene rings is 3. The van der Waals surface area contributed by atoms with Crippen LogP contribution in [0.5, 0.6) is 0 Å². The number of nitrogens with zero attached hydrogens (tertiary/aromatic N) is 1. The maximum Gasteiger partial charge on any atom is 0.161 e. The molecule has 28 heavy (non-hydrogen) atoms. The highest BCUT2D eigenvalue weighted by atomic mass is 32.2. The lowest BCUT2D eigenvalue weighted by atomic mass is 9.82. The third-order valence-corrected chi connectivity index (χ3v) is 5.52. The van der Waals surface area contributed by atoms with E-state index < -0.39 is 5.60 Å². The first-order valence-electron chi connectivity index (χ1n) is 9.21. The summed E-state index contributed by atoms with van der Waals surface area (Å²) in [5.74, 6) is 0. The lowest BCUT2D eigenvalue weighted by molar-refractivity contribution is 0.115. The summed E-state index contributed by atoms with van der Waals surface area (Å²) >= 11 is 1.54. The monoisotopic (exact) mass is 386 g/mol. The van der Waals surface area contributed by atoms with Crippen LogP contribution < -0.4 is 5.32 Å². The predicted octanol–water partition coefficient (Wildman–Crippen LogP) is 4.87. The Morgan fingerprint density at radius 1 is 0.821 bits per heavy atom. The van der Waals surface area contributed by atoms with E-state index in [2.05, 4.69) is 17.4 Å². The van der Waals surface area contributed by atoms with E-state index in [-0.39, 0.29) is 6.04 Å². The van der Waals surface area contributed by atoms with Crippen LogP contribution >= 0.6 is 11.8 Å². The zero-order chi connectivity index (χ0) is 19.4. The number of nitrogens with one attached hydrogen (secondary N) is 1. The van der Waals surface area contributed by atoms with Crippen molar-refractivity contribution in [1.29, 1.82) is 0 Å². The fraction of sp³-hybridized carbons (Fsp3) is 0.125. The lowest BCUT2D eigenvalue weighted by Gasteiger charge is -2.35. The summed E-state index contributed by atoms with van der Waals surface area (Å²) < 4.78 is 0. The Labute approximate surface area is 169 Å². The molecule has 0 aliphatic carbocycles. The van der Waals surface area contributed by atoms with E-state index in [4.69, 9.17) is 4.99 Å². The molecular formula is C24H22N2OS. The highest BCUT2D eigenvalue weighted by Crippen LogP contribution is 2.39. The van der Waals surface area contributed by atoms with E-state index in [1.807, 2.05) is 91.2 Å². The summed E-state index contributed by atoms with van der Waals surface area (Å²) in [6.07, 6.45) is 4.01. The number of hydrogen-bond acceptors (Lipinski definition) is 4. The Hall–Kier alpha value is -2.82. The number of amidine groups is 1. The quantitative estimate of drug-likeness (QED) is 0.672. The maximum absolute atomic E-state index is 12.1. The van der Waals surface area contributed by atoms with Crippen molar-refractivity contribution in [3.05, 3.63) is 119 Å². The second kappa shape index (κ2) is 8.05. The van der Waals surface area contributed by atoms with Crippen LogP contribution in [0.25, 0.3) is 0 Å². The standard InChI is InChI=1S/C24H22N2OS/c1-28-23-25-21(18-11-5-2-6-12-18)17-22(26-23)24(27,19-13-7-3-8-14-19)20-15-9-4-10-16-20/h2-17,21,27H,1H3,(H,25,26). The molecule has 1 atom stereocenters. The van der Waals surface area contributed by atoms with Gasteiger partial charge in [-0.05, 0) is 29.0 Å². The summed E-state index contributed by atoms with van der Waals surface area (Å²) in [5.41, 5.74) is 2.14. The van der Waals surface area contributed by atoms with Crippen LogP contribution in [0.15, 0.2) is 108 Å². The fourth-order valence-electron chi connectivity index (χ4n) is 3.48. The average Bonchev–Trinajstić information content (AvgIpc) is 2.80. The molecule has 1 aliphatic heterocycles. The minimum absolute atomic E-state index is 0.154. The van der Waals surface area contributed by atoms with Gasteiger partial charge in [-0.1, -0.05) is 103 Å². The van der Waals surface area contributed by atoms with Crippen molar-refractivity contribution in [1.82, 2.24) is 5.32 Å². The molecule has 1 aliphatic rings. The molecule has 3 aromatic rings. The topological polar surface area (TPSA) is 44.6 Å².